The lowest BCUT2D eigenvalue weighted by molar-refractivity contribution is 0.126. The van der Waals surface area contributed by atoms with Crippen LogP contribution < -0.4 is 14.2 Å². The first kappa shape index (κ1) is 20.0. The fraction of sp³-hybridized carbons (Fsp3) is 0.300. The first-order valence-corrected chi connectivity index (χ1v) is 9.64. The Hall–Kier alpha value is -2.71. The van der Waals surface area contributed by atoms with Crippen molar-refractivity contribution in [3.05, 3.63) is 48.0 Å². The van der Waals surface area contributed by atoms with Gasteiger partial charge in [-0.2, -0.15) is 0 Å². The van der Waals surface area contributed by atoms with E-state index >= 15 is 0 Å². The van der Waals surface area contributed by atoms with Crippen molar-refractivity contribution in [3.63, 3.8) is 0 Å². The number of aryl methyl sites for hydroxylation is 1. The van der Waals surface area contributed by atoms with Crippen molar-refractivity contribution in [1.29, 1.82) is 0 Å². The van der Waals surface area contributed by atoms with Crippen molar-refractivity contribution in [2.75, 3.05) is 26.6 Å². The quantitative estimate of drug-likeness (QED) is 0.544. The van der Waals surface area contributed by atoms with Crippen LogP contribution in [0.25, 0.3) is 11.5 Å². The lowest BCUT2D eigenvalue weighted by Crippen LogP contribution is -2.20. The number of rotatable bonds is 9. The van der Waals surface area contributed by atoms with Crippen molar-refractivity contribution in [2.45, 2.75) is 18.3 Å². The van der Waals surface area contributed by atoms with E-state index < -0.39 is 6.10 Å². The summed E-state index contributed by atoms with van der Waals surface area (Å²) in [5, 5.41) is 18.6. The van der Waals surface area contributed by atoms with Crippen LogP contribution in [0.5, 0.6) is 17.2 Å². The lowest BCUT2D eigenvalue weighted by atomic mass is 10.2. The Bertz CT molecular complexity index is 915. The molecule has 148 valence electrons. The number of aromatic nitrogens is 2. The van der Waals surface area contributed by atoms with Crippen molar-refractivity contribution >= 4 is 11.8 Å². The Morgan fingerprint density at radius 1 is 1.07 bits per heavy atom. The monoisotopic (exact) mass is 402 g/mol. The second kappa shape index (κ2) is 9.48. The molecule has 0 fully saturated rings. The molecule has 0 saturated carbocycles. The zero-order valence-electron chi connectivity index (χ0n) is 15.9. The van der Waals surface area contributed by atoms with E-state index in [1.165, 1.54) is 11.8 Å². The van der Waals surface area contributed by atoms with Gasteiger partial charge in [-0.05, 0) is 42.8 Å². The summed E-state index contributed by atoms with van der Waals surface area (Å²) in [6.45, 7) is 2.18. The predicted molar refractivity (Wildman–Crippen MR) is 106 cm³/mol. The number of aliphatic hydroxyl groups is 1. The van der Waals surface area contributed by atoms with Gasteiger partial charge in [0.15, 0.2) is 11.5 Å². The minimum atomic E-state index is -0.665. The van der Waals surface area contributed by atoms with Gasteiger partial charge in [0.1, 0.15) is 12.4 Å². The molecule has 0 aliphatic carbocycles. The molecule has 1 N–H and O–H groups in total. The zero-order valence-corrected chi connectivity index (χ0v) is 16.7. The normalized spacial score (nSPS) is 11.9. The summed E-state index contributed by atoms with van der Waals surface area (Å²) < 4.78 is 21.8. The van der Waals surface area contributed by atoms with Crippen LogP contribution in [-0.2, 0) is 0 Å². The maximum Gasteiger partial charge on any atom is 0.276 e. The largest absolute Gasteiger partial charge is 0.493 e. The van der Waals surface area contributed by atoms with Crippen molar-refractivity contribution < 1.29 is 23.7 Å². The highest BCUT2D eigenvalue weighted by Crippen LogP contribution is 2.32. The van der Waals surface area contributed by atoms with E-state index in [0.29, 0.717) is 28.4 Å². The molecule has 2 aromatic carbocycles. The molecule has 1 atom stereocenters. The minimum Gasteiger partial charge on any atom is -0.493 e. The number of methoxy groups -OCH3 is 2. The number of hydrogen-bond donors (Lipinski definition) is 1. The van der Waals surface area contributed by atoms with Gasteiger partial charge in [0, 0.05) is 11.3 Å². The molecular formula is C20H22N2O5S. The Morgan fingerprint density at radius 2 is 1.89 bits per heavy atom. The Kier molecular flexibility index (Phi) is 6.78. The standard InChI is InChI=1S/C20H22N2O5S/c1-13-5-4-6-16(9-13)26-11-15(23)12-28-20-22-21-19(27-20)14-7-8-17(24-2)18(10-14)25-3/h4-10,15,23H,11-12H2,1-3H3/t15-/m0/s1. The molecule has 3 rings (SSSR count). The molecule has 0 aliphatic heterocycles. The van der Waals surface area contributed by atoms with Gasteiger partial charge < -0.3 is 23.7 Å². The van der Waals surface area contributed by atoms with Crippen molar-refractivity contribution in [1.82, 2.24) is 10.2 Å². The second-order valence-electron chi connectivity index (χ2n) is 6.04. The number of thioether (sulfide) groups is 1. The Balaban J connectivity index is 1.54. The van der Waals surface area contributed by atoms with Gasteiger partial charge in [-0.1, -0.05) is 23.9 Å². The van der Waals surface area contributed by atoms with E-state index in [1.54, 1.807) is 26.4 Å². The molecule has 1 heterocycles. The van der Waals surface area contributed by atoms with Gasteiger partial charge in [-0.25, -0.2) is 0 Å². The lowest BCUT2D eigenvalue weighted by Gasteiger charge is -2.11. The highest BCUT2D eigenvalue weighted by Gasteiger charge is 2.14. The maximum atomic E-state index is 10.1. The van der Waals surface area contributed by atoms with Gasteiger partial charge in [0.25, 0.3) is 5.22 Å². The predicted octanol–water partition coefficient (Wildman–Crippen LogP) is 3.59. The van der Waals surface area contributed by atoms with E-state index in [9.17, 15) is 5.11 Å². The van der Waals surface area contributed by atoms with Crippen LogP contribution in [0.15, 0.2) is 52.1 Å². The highest BCUT2D eigenvalue weighted by atomic mass is 32.2. The van der Waals surface area contributed by atoms with E-state index in [1.807, 2.05) is 37.3 Å². The number of benzene rings is 2. The van der Waals surface area contributed by atoms with E-state index in [4.69, 9.17) is 18.6 Å². The third kappa shape index (κ3) is 5.17. The molecule has 0 aliphatic rings. The summed E-state index contributed by atoms with van der Waals surface area (Å²) >= 11 is 1.27. The summed E-state index contributed by atoms with van der Waals surface area (Å²) in [6, 6.07) is 13.1. The summed E-state index contributed by atoms with van der Waals surface area (Å²) in [5.41, 5.74) is 1.83. The van der Waals surface area contributed by atoms with Gasteiger partial charge in [0.2, 0.25) is 5.89 Å². The van der Waals surface area contributed by atoms with Crippen LogP contribution >= 0.6 is 11.8 Å². The number of aliphatic hydroxyl groups excluding tert-OH is 1. The smallest absolute Gasteiger partial charge is 0.276 e. The summed E-state index contributed by atoms with van der Waals surface area (Å²) in [6.07, 6.45) is -0.665. The fourth-order valence-electron chi connectivity index (χ4n) is 2.47. The third-order valence-electron chi connectivity index (χ3n) is 3.87. The SMILES string of the molecule is COc1ccc(-c2nnc(SC[C@@H](O)COc3cccc(C)c3)o2)cc1OC. The second-order valence-corrected chi connectivity index (χ2v) is 7.01. The summed E-state index contributed by atoms with van der Waals surface area (Å²) in [7, 11) is 3.14. The number of hydrogen-bond acceptors (Lipinski definition) is 8. The number of nitrogens with zero attached hydrogens (tertiary/aromatic N) is 2. The fourth-order valence-corrected chi connectivity index (χ4v) is 3.13. The first-order valence-electron chi connectivity index (χ1n) is 8.65. The minimum absolute atomic E-state index is 0.188. The van der Waals surface area contributed by atoms with Gasteiger partial charge in [-0.3, -0.25) is 0 Å². The molecule has 0 unspecified atom stereocenters. The molecule has 3 aromatic rings. The van der Waals surface area contributed by atoms with Crippen LogP contribution in [0, 0.1) is 6.92 Å². The molecule has 1 aromatic heterocycles. The van der Waals surface area contributed by atoms with Crippen LogP contribution in [-0.4, -0.2) is 48.0 Å². The van der Waals surface area contributed by atoms with Gasteiger partial charge in [-0.15, -0.1) is 10.2 Å². The molecule has 8 heteroatoms. The number of ether oxygens (including phenoxy) is 3. The van der Waals surface area contributed by atoms with Gasteiger partial charge >= 0.3 is 0 Å². The first-order chi connectivity index (χ1) is 13.6. The summed E-state index contributed by atoms with van der Waals surface area (Å²) in [4.78, 5) is 0. The van der Waals surface area contributed by atoms with Crippen molar-refractivity contribution in [2.24, 2.45) is 0 Å². The van der Waals surface area contributed by atoms with Crippen LogP contribution in [0.2, 0.25) is 0 Å². The molecule has 0 spiro atoms. The van der Waals surface area contributed by atoms with Crippen LogP contribution in [0.4, 0.5) is 0 Å². The molecule has 0 bridgehead atoms. The summed E-state index contributed by atoms with van der Waals surface area (Å²) in [5.74, 6) is 2.68. The molecule has 28 heavy (non-hydrogen) atoms. The Labute approximate surface area is 167 Å². The Morgan fingerprint density at radius 3 is 2.64 bits per heavy atom. The van der Waals surface area contributed by atoms with Crippen LogP contribution in [0.1, 0.15) is 5.56 Å². The van der Waals surface area contributed by atoms with Gasteiger partial charge in [0.05, 0.1) is 20.3 Å². The van der Waals surface area contributed by atoms with Crippen molar-refractivity contribution in [3.8, 4) is 28.7 Å². The maximum absolute atomic E-state index is 10.1. The molecule has 0 radical (unpaired) electrons. The topological polar surface area (TPSA) is 86.8 Å². The molecule has 7 nitrogen and oxygen atoms in total. The third-order valence-corrected chi connectivity index (χ3v) is 4.83. The average Bonchev–Trinajstić information content (AvgIpc) is 3.19. The highest BCUT2D eigenvalue weighted by molar-refractivity contribution is 7.99. The van der Waals surface area contributed by atoms with E-state index in [0.717, 1.165) is 16.9 Å². The van der Waals surface area contributed by atoms with E-state index in [-0.39, 0.29) is 6.61 Å². The zero-order chi connectivity index (χ0) is 19.9. The van der Waals surface area contributed by atoms with E-state index in [2.05, 4.69) is 10.2 Å². The average molecular weight is 402 g/mol. The molecule has 0 amide bonds. The molecule has 0 saturated heterocycles. The molecular weight excluding hydrogens is 380 g/mol. The van der Waals surface area contributed by atoms with Crippen LogP contribution in [0.3, 0.4) is 0 Å².